The van der Waals surface area contributed by atoms with Gasteiger partial charge in [0.2, 0.25) is 0 Å². The molecule has 0 spiro atoms. The molecule has 0 aliphatic heterocycles. The van der Waals surface area contributed by atoms with E-state index in [1.54, 1.807) is 24.3 Å². The normalized spacial score (nSPS) is 10.4. The molecule has 2 aromatic rings. The molecule has 1 heterocycles. The van der Waals surface area contributed by atoms with Gasteiger partial charge in [-0.1, -0.05) is 12.1 Å². The highest BCUT2D eigenvalue weighted by Gasteiger charge is 2.05. The molecule has 2 rings (SSSR count). The van der Waals surface area contributed by atoms with E-state index in [4.69, 9.17) is 14.4 Å². The van der Waals surface area contributed by atoms with E-state index in [9.17, 15) is 0 Å². The summed E-state index contributed by atoms with van der Waals surface area (Å²) in [5.41, 5.74) is 0. The van der Waals surface area contributed by atoms with Crippen molar-refractivity contribution in [2.45, 2.75) is 26.4 Å². The van der Waals surface area contributed by atoms with E-state index in [1.807, 2.05) is 0 Å². The number of rotatable bonds is 5. The zero-order valence-electron chi connectivity index (χ0n) is 9.59. The van der Waals surface area contributed by atoms with Crippen LogP contribution in [0, 0.1) is 0 Å². The minimum Gasteiger partial charge on any atom is -0.508 e. The molecule has 0 atom stereocenters. The van der Waals surface area contributed by atoms with Crippen LogP contribution >= 0.6 is 0 Å². The van der Waals surface area contributed by atoms with Gasteiger partial charge in [0.05, 0.1) is 0 Å². The van der Waals surface area contributed by atoms with Gasteiger partial charge in [-0.25, -0.2) is 0 Å². The molecule has 0 aliphatic carbocycles. The van der Waals surface area contributed by atoms with Crippen molar-refractivity contribution < 1.29 is 14.4 Å². The summed E-state index contributed by atoms with van der Waals surface area (Å²) in [6, 6.07) is 6.48. The Morgan fingerprint density at radius 2 is 2.06 bits per heavy atom. The van der Waals surface area contributed by atoms with E-state index in [-0.39, 0.29) is 12.4 Å². The van der Waals surface area contributed by atoms with Crippen LogP contribution in [0.1, 0.15) is 25.1 Å². The molecule has 1 aromatic heterocycles. The third kappa shape index (κ3) is 3.21. The third-order valence-electron chi connectivity index (χ3n) is 2.18. The molecule has 0 aliphatic rings. The summed E-state index contributed by atoms with van der Waals surface area (Å²) >= 11 is 0. The van der Waals surface area contributed by atoms with Crippen molar-refractivity contribution in [1.29, 1.82) is 0 Å². The monoisotopic (exact) mass is 234 g/mol. The Morgan fingerprint density at radius 3 is 2.76 bits per heavy atom. The quantitative estimate of drug-likeness (QED) is 0.859. The lowest BCUT2D eigenvalue weighted by atomic mass is 10.3. The minimum atomic E-state index is 0.209. The number of benzene rings is 1. The van der Waals surface area contributed by atoms with Crippen LogP contribution in [0.4, 0.5) is 0 Å². The molecule has 5 nitrogen and oxygen atoms in total. The summed E-state index contributed by atoms with van der Waals surface area (Å²) in [7, 11) is 0. The van der Waals surface area contributed by atoms with Crippen LogP contribution in [-0.4, -0.2) is 15.2 Å². The average Bonchev–Trinajstić information content (AvgIpc) is 2.77. The molecule has 0 fully saturated rings. The fourth-order valence-corrected chi connectivity index (χ4v) is 1.36. The maximum absolute atomic E-state index is 9.11. The minimum absolute atomic E-state index is 0.209. The number of hydrogen-bond donors (Lipinski definition) is 1. The predicted octanol–water partition coefficient (Wildman–Crippen LogP) is 2.31. The summed E-state index contributed by atoms with van der Waals surface area (Å²) in [5, 5.41) is 12.9. The Morgan fingerprint density at radius 1 is 1.29 bits per heavy atom. The Bertz CT molecular complexity index is 465. The van der Waals surface area contributed by atoms with Crippen LogP contribution < -0.4 is 4.74 Å². The average molecular weight is 234 g/mol. The number of phenolic OH excluding ortho intramolecular Hbond substituents is 1. The fraction of sp³-hybridized carbons (Fsp3) is 0.333. The van der Waals surface area contributed by atoms with Crippen LogP contribution in [0.15, 0.2) is 28.8 Å². The highest BCUT2D eigenvalue weighted by molar-refractivity contribution is 5.30. The van der Waals surface area contributed by atoms with E-state index >= 15 is 0 Å². The number of nitrogens with zero attached hydrogens (tertiary/aromatic N) is 2. The first-order chi connectivity index (χ1) is 8.28. The number of aromatic hydroxyl groups is 1. The van der Waals surface area contributed by atoms with Gasteiger partial charge in [0.15, 0.2) is 12.4 Å². The Balaban J connectivity index is 1.90. The molecule has 0 bridgehead atoms. The Kier molecular flexibility index (Phi) is 3.59. The molecule has 0 unspecified atom stereocenters. The van der Waals surface area contributed by atoms with Gasteiger partial charge in [0.1, 0.15) is 11.5 Å². The van der Waals surface area contributed by atoms with Crippen molar-refractivity contribution in [3.8, 4) is 11.5 Å². The summed E-state index contributed by atoms with van der Waals surface area (Å²) < 4.78 is 10.5. The maximum atomic E-state index is 9.11. The van der Waals surface area contributed by atoms with Crippen molar-refractivity contribution in [1.82, 2.24) is 10.1 Å². The molecule has 1 aromatic carbocycles. The topological polar surface area (TPSA) is 68.4 Å². The number of ether oxygens (including phenoxy) is 1. The fourth-order valence-electron chi connectivity index (χ4n) is 1.36. The van der Waals surface area contributed by atoms with Crippen LogP contribution in [0.2, 0.25) is 0 Å². The zero-order chi connectivity index (χ0) is 12.1. The smallest absolute Gasteiger partial charge is 0.264 e. The van der Waals surface area contributed by atoms with Gasteiger partial charge in [-0.2, -0.15) is 4.98 Å². The first-order valence-electron chi connectivity index (χ1n) is 5.51. The Hall–Kier alpha value is -2.04. The summed E-state index contributed by atoms with van der Waals surface area (Å²) in [4.78, 5) is 4.18. The third-order valence-corrected chi connectivity index (χ3v) is 2.18. The highest BCUT2D eigenvalue weighted by atomic mass is 16.5. The van der Waals surface area contributed by atoms with Gasteiger partial charge in [-0.3, -0.25) is 0 Å². The van der Waals surface area contributed by atoms with E-state index in [0.29, 0.717) is 17.5 Å². The van der Waals surface area contributed by atoms with Crippen LogP contribution in [-0.2, 0) is 13.0 Å². The summed E-state index contributed by atoms with van der Waals surface area (Å²) in [6.07, 6.45) is 1.79. The molecule has 5 heteroatoms. The highest BCUT2D eigenvalue weighted by Crippen LogP contribution is 2.16. The van der Waals surface area contributed by atoms with Crippen molar-refractivity contribution >= 4 is 0 Å². The van der Waals surface area contributed by atoms with Crippen molar-refractivity contribution in [3.63, 3.8) is 0 Å². The van der Waals surface area contributed by atoms with Crippen molar-refractivity contribution in [2.24, 2.45) is 0 Å². The molecular formula is C12H14N2O3. The van der Waals surface area contributed by atoms with E-state index in [0.717, 1.165) is 12.8 Å². The first kappa shape index (κ1) is 11.4. The molecule has 90 valence electrons. The number of hydrogen-bond acceptors (Lipinski definition) is 5. The van der Waals surface area contributed by atoms with Crippen molar-refractivity contribution in [2.75, 3.05) is 0 Å². The lowest BCUT2D eigenvalue weighted by Crippen LogP contribution is -1.96. The van der Waals surface area contributed by atoms with Crippen LogP contribution in [0.3, 0.4) is 0 Å². The lowest BCUT2D eigenvalue weighted by Gasteiger charge is -2.02. The van der Waals surface area contributed by atoms with E-state index < -0.39 is 0 Å². The van der Waals surface area contributed by atoms with Gasteiger partial charge in [0.25, 0.3) is 5.89 Å². The SMILES string of the molecule is CCCc1noc(COc2ccc(O)cc2)n1. The number of aryl methyl sites for hydroxylation is 1. The van der Waals surface area contributed by atoms with Gasteiger partial charge in [-0.05, 0) is 30.7 Å². The zero-order valence-corrected chi connectivity index (χ0v) is 9.59. The largest absolute Gasteiger partial charge is 0.508 e. The first-order valence-corrected chi connectivity index (χ1v) is 5.51. The molecule has 0 amide bonds. The number of aromatic nitrogens is 2. The van der Waals surface area contributed by atoms with Gasteiger partial charge in [-0.15, -0.1) is 0 Å². The lowest BCUT2D eigenvalue weighted by molar-refractivity contribution is 0.242. The van der Waals surface area contributed by atoms with Gasteiger partial charge < -0.3 is 14.4 Å². The maximum Gasteiger partial charge on any atom is 0.264 e. The van der Waals surface area contributed by atoms with E-state index in [1.165, 1.54) is 0 Å². The van der Waals surface area contributed by atoms with Crippen molar-refractivity contribution in [3.05, 3.63) is 36.0 Å². The second-order valence-electron chi connectivity index (χ2n) is 3.64. The molecular weight excluding hydrogens is 220 g/mol. The molecule has 0 radical (unpaired) electrons. The summed E-state index contributed by atoms with van der Waals surface area (Å²) in [6.45, 7) is 2.30. The Labute approximate surface area is 99.0 Å². The van der Waals surface area contributed by atoms with Gasteiger partial charge in [0, 0.05) is 6.42 Å². The molecule has 1 N–H and O–H groups in total. The molecule has 0 saturated carbocycles. The van der Waals surface area contributed by atoms with E-state index in [2.05, 4.69) is 17.1 Å². The second kappa shape index (κ2) is 5.34. The number of phenols is 1. The molecule has 0 saturated heterocycles. The molecule has 17 heavy (non-hydrogen) atoms. The predicted molar refractivity (Wildman–Crippen MR) is 60.7 cm³/mol. The standard InChI is InChI=1S/C12H14N2O3/c1-2-3-11-13-12(17-14-11)8-16-10-6-4-9(15)5-7-10/h4-7,15H,2-3,8H2,1H3. The van der Waals surface area contributed by atoms with Crippen LogP contribution in [0.5, 0.6) is 11.5 Å². The summed E-state index contributed by atoms with van der Waals surface area (Å²) in [5.74, 6) is 2.02. The van der Waals surface area contributed by atoms with Crippen LogP contribution in [0.25, 0.3) is 0 Å². The second-order valence-corrected chi connectivity index (χ2v) is 3.64. The van der Waals surface area contributed by atoms with Gasteiger partial charge >= 0.3 is 0 Å².